The molecule has 0 radical (unpaired) electrons. The van der Waals surface area contributed by atoms with Crippen LogP contribution in [0.2, 0.25) is 0 Å². The van der Waals surface area contributed by atoms with Gasteiger partial charge in [-0.2, -0.15) is 0 Å². The van der Waals surface area contributed by atoms with E-state index in [1.54, 1.807) is 7.11 Å². The van der Waals surface area contributed by atoms with Crippen molar-refractivity contribution in [2.75, 3.05) is 40.0 Å². The Morgan fingerprint density at radius 2 is 2.18 bits per heavy atom. The number of carbonyl (C=O) groups excluding carboxylic acids is 1. The lowest BCUT2D eigenvalue weighted by molar-refractivity contribution is -0.107. The number of carbonyl (C=O) groups is 1. The van der Waals surface area contributed by atoms with E-state index in [2.05, 4.69) is 5.32 Å². The van der Waals surface area contributed by atoms with E-state index in [1.165, 1.54) is 0 Å². The Kier molecular flexibility index (Phi) is 9.16. The zero-order valence-electron chi connectivity index (χ0n) is 6.84. The number of hydrogen-bond acceptors (Lipinski definition) is 4. The maximum absolute atomic E-state index is 9.82. The third-order valence-corrected chi connectivity index (χ3v) is 1.08. The fourth-order valence-electron chi connectivity index (χ4n) is 0.550. The molecule has 4 nitrogen and oxygen atoms in total. The van der Waals surface area contributed by atoms with Crippen LogP contribution in [0.4, 0.5) is 0 Å². The molecule has 66 valence electrons. The summed E-state index contributed by atoms with van der Waals surface area (Å²) in [6.07, 6.45) is 0.829. The van der Waals surface area contributed by atoms with E-state index in [9.17, 15) is 4.79 Å². The Morgan fingerprint density at radius 3 is 2.82 bits per heavy atom. The Balaban J connectivity index is 2.74. The zero-order valence-corrected chi connectivity index (χ0v) is 6.84. The van der Waals surface area contributed by atoms with Crippen molar-refractivity contribution in [3.63, 3.8) is 0 Å². The summed E-state index contributed by atoms with van der Waals surface area (Å²) in [5, 5.41) is 2.88. The van der Waals surface area contributed by atoms with E-state index in [0.717, 1.165) is 6.29 Å². The fraction of sp³-hybridized carbons (Fsp3) is 0.857. The van der Waals surface area contributed by atoms with Crippen LogP contribution in [0.15, 0.2) is 0 Å². The van der Waals surface area contributed by atoms with Crippen LogP contribution < -0.4 is 5.32 Å². The molecule has 4 heteroatoms. The first-order valence-electron chi connectivity index (χ1n) is 3.63. The maximum Gasteiger partial charge on any atom is 0.133 e. The highest BCUT2D eigenvalue weighted by Gasteiger charge is 1.86. The van der Waals surface area contributed by atoms with Gasteiger partial charge in [-0.1, -0.05) is 0 Å². The summed E-state index contributed by atoms with van der Waals surface area (Å²) >= 11 is 0. The topological polar surface area (TPSA) is 47.6 Å². The molecule has 0 aromatic heterocycles. The predicted octanol–water partition coefficient (Wildman–Crippen LogP) is -0.562. The van der Waals surface area contributed by atoms with Crippen molar-refractivity contribution >= 4 is 6.29 Å². The van der Waals surface area contributed by atoms with Crippen molar-refractivity contribution in [3.05, 3.63) is 0 Å². The summed E-state index contributed by atoms with van der Waals surface area (Å²) in [5.41, 5.74) is 0. The predicted molar refractivity (Wildman–Crippen MR) is 41.6 cm³/mol. The van der Waals surface area contributed by atoms with Crippen molar-refractivity contribution in [3.8, 4) is 0 Å². The van der Waals surface area contributed by atoms with Gasteiger partial charge in [0, 0.05) is 13.7 Å². The second kappa shape index (κ2) is 9.55. The highest BCUT2D eigenvalue weighted by Crippen LogP contribution is 1.73. The average molecular weight is 161 g/mol. The van der Waals surface area contributed by atoms with Gasteiger partial charge in [-0.05, 0) is 0 Å². The van der Waals surface area contributed by atoms with Crippen molar-refractivity contribution in [1.82, 2.24) is 5.32 Å². The summed E-state index contributed by atoms with van der Waals surface area (Å²) in [6.45, 7) is 2.96. The summed E-state index contributed by atoms with van der Waals surface area (Å²) < 4.78 is 9.89. The van der Waals surface area contributed by atoms with Crippen molar-refractivity contribution in [2.45, 2.75) is 0 Å². The summed E-state index contributed by atoms with van der Waals surface area (Å²) in [5.74, 6) is 0. The summed E-state index contributed by atoms with van der Waals surface area (Å²) in [6, 6.07) is 0. The SMILES string of the molecule is COCCOCCNCC=O. The molecule has 0 aliphatic rings. The monoisotopic (exact) mass is 161 g/mol. The largest absolute Gasteiger partial charge is 0.382 e. The number of ether oxygens (including phenoxy) is 2. The first-order valence-corrected chi connectivity index (χ1v) is 3.63. The van der Waals surface area contributed by atoms with Crippen LogP contribution >= 0.6 is 0 Å². The molecule has 0 heterocycles. The van der Waals surface area contributed by atoms with Gasteiger partial charge in [0.15, 0.2) is 0 Å². The van der Waals surface area contributed by atoms with Gasteiger partial charge in [-0.15, -0.1) is 0 Å². The molecule has 0 rings (SSSR count). The number of hydrogen-bond donors (Lipinski definition) is 1. The molecule has 11 heavy (non-hydrogen) atoms. The second-order valence-corrected chi connectivity index (χ2v) is 1.98. The normalized spacial score (nSPS) is 9.91. The Bertz CT molecular complexity index is 87.8. The molecule has 0 spiro atoms. The molecule has 0 fully saturated rings. The molecule has 0 aromatic rings. The number of aldehydes is 1. The van der Waals surface area contributed by atoms with Gasteiger partial charge in [0.25, 0.3) is 0 Å². The lowest BCUT2D eigenvalue weighted by atomic mass is 10.6. The second-order valence-electron chi connectivity index (χ2n) is 1.98. The Morgan fingerprint density at radius 1 is 1.36 bits per heavy atom. The fourth-order valence-corrected chi connectivity index (χ4v) is 0.550. The molecule has 0 saturated carbocycles. The van der Waals surface area contributed by atoms with Crippen LogP contribution in [-0.2, 0) is 14.3 Å². The lowest BCUT2D eigenvalue weighted by Crippen LogP contribution is -2.22. The Labute approximate surface area is 66.9 Å². The smallest absolute Gasteiger partial charge is 0.133 e. The molecular weight excluding hydrogens is 146 g/mol. The van der Waals surface area contributed by atoms with E-state index < -0.39 is 0 Å². The maximum atomic E-state index is 9.82. The van der Waals surface area contributed by atoms with Gasteiger partial charge in [0.2, 0.25) is 0 Å². The molecule has 0 aliphatic heterocycles. The number of rotatable bonds is 8. The van der Waals surface area contributed by atoms with Gasteiger partial charge in [-0.3, -0.25) is 0 Å². The van der Waals surface area contributed by atoms with E-state index in [0.29, 0.717) is 32.9 Å². The quantitative estimate of drug-likeness (QED) is 0.383. The van der Waals surface area contributed by atoms with E-state index >= 15 is 0 Å². The van der Waals surface area contributed by atoms with Crippen molar-refractivity contribution in [1.29, 1.82) is 0 Å². The van der Waals surface area contributed by atoms with Gasteiger partial charge in [0.1, 0.15) is 6.29 Å². The van der Waals surface area contributed by atoms with Crippen molar-refractivity contribution < 1.29 is 14.3 Å². The number of nitrogens with one attached hydrogen (secondary N) is 1. The van der Waals surface area contributed by atoms with Crippen molar-refractivity contribution in [2.24, 2.45) is 0 Å². The lowest BCUT2D eigenvalue weighted by Gasteiger charge is -2.02. The van der Waals surface area contributed by atoms with Crippen LogP contribution in [0.5, 0.6) is 0 Å². The molecule has 0 aromatic carbocycles. The van der Waals surface area contributed by atoms with Gasteiger partial charge >= 0.3 is 0 Å². The minimum Gasteiger partial charge on any atom is -0.382 e. The first-order chi connectivity index (χ1) is 5.41. The van der Waals surface area contributed by atoms with Crippen LogP contribution in [0.3, 0.4) is 0 Å². The van der Waals surface area contributed by atoms with Gasteiger partial charge < -0.3 is 19.6 Å². The minimum absolute atomic E-state index is 0.396. The van der Waals surface area contributed by atoms with E-state index in [-0.39, 0.29) is 0 Å². The van der Waals surface area contributed by atoms with E-state index in [1.807, 2.05) is 0 Å². The molecule has 0 atom stereocenters. The van der Waals surface area contributed by atoms with Crippen LogP contribution in [0.1, 0.15) is 0 Å². The third kappa shape index (κ3) is 9.55. The molecule has 0 amide bonds. The molecule has 0 saturated heterocycles. The third-order valence-electron chi connectivity index (χ3n) is 1.08. The average Bonchev–Trinajstić information content (AvgIpc) is 2.03. The molecular formula is C7H15NO3. The molecule has 0 unspecified atom stereocenters. The number of methoxy groups -OCH3 is 1. The Hall–Kier alpha value is -0.450. The van der Waals surface area contributed by atoms with Gasteiger partial charge in [0.05, 0.1) is 26.4 Å². The van der Waals surface area contributed by atoms with Crippen LogP contribution in [0, 0.1) is 0 Å². The molecule has 0 aliphatic carbocycles. The minimum atomic E-state index is 0.396. The highest BCUT2D eigenvalue weighted by molar-refractivity contribution is 5.51. The van der Waals surface area contributed by atoms with Crippen LogP contribution in [-0.4, -0.2) is 46.3 Å². The van der Waals surface area contributed by atoms with Crippen LogP contribution in [0.25, 0.3) is 0 Å². The summed E-state index contributed by atoms with van der Waals surface area (Å²) in [7, 11) is 1.63. The zero-order chi connectivity index (χ0) is 8.36. The highest BCUT2D eigenvalue weighted by atomic mass is 16.5. The standard InChI is InChI=1S/C7H15NO3/c1-10-6-7-11-5-3-8-2-4-9/h4,8H,2-3,5-7H2,1H3. The molecule has 1 N–H and O–H groups in total. The van der Waals surface area contributed by atoms with Gasteiger partial charge in [-0.25, -0.2) is 0 Å². The summed E-state index contributed by atoms with van der Waals surface area (Å²) in [4.78, 5) is 9.82. The molecule has 0 bridgehead atoms. The van der Waals surface area contributed by atoms with E-state index in [4.69, 9.17) is 9.47 Å². The first kappa shape index (κ1) is 10.6.